The number of para-hydroxylation sites is 1. The van der Waals surface area contributed by atoms with Crippen molar-refractivity contribution in [3.8, 4) is 22.8 Å². The normalized spacial score (nSPS) is 10.7. The van der Waals surface area contributed by atoms with Crippen LogP contribution in [0, 0.1) is 0 Å². The van der Waals surface area contributed by atoms with E-state index < -0.39 is 0 Å². The van der Waals surface area contributed by atoms with E-state index in [-0.39, 0.29) is 5.91 Å². The van der Waals surface area contributed by atoms with Crippen LogP contribution in [-0.2, 0) is 4.79 Å². The van der Waals surface area contributed by atoms with Crippen LogP contribution in [0.5, 0.6) is 11.5 Å². The largest absolute Gasteiger partial charge is 0.497 e. The zero-order valence-electron chi connectivity index (χ0n) is 15.1. The van der Waals surface area contributed by atoms with E-state index in [9.17, 15) is 4.79 Å². The summed E-state index contributed by atoms with van der Waals surface area (Å²) >= 11 is 1.38. The van der Waals surface area contributed by atoms with Gasteiger partial charge in [0.2, 0.25) is 5.91 Å². The predicted molar refractivity (Wildman–Crippen MR) is 109 cm³/mol. The van der Waals surface area contributed by atoms with Crippen molar-refractivity contribution in [2.24, 2.45) is 0 Å². The van der Waals surface area contributed by atoms with Gasteiger partial charge in [-0.3, -0.25) is 10.1 Å². The second kappa shape index (κ2) is 9.00. The van der Waals surface area contributed by atoms with Crippen molar-refractivity contribution < 1.29 is 14.3 Å². The number of hydrogen-bond acceptors (Lipinski definition) is 5. The van der Waals surface area contributed by atoms with Gasteiger partial charge in [-0.05, 0) is 42.8 Å². The summed E-state index contributed by atoms with van der Waals surface area (Å²) in [6.45, 7) is 2.53. The molecule has 0 aliphatic heterocycles. The van der Waals surface area contributed by atoms with E-state index in [2.05, 4.69) is 10.3 Å². The summed E-state index contributed by atoms with van der Waals surface area (Å²) in [6, 6.07) is 15.2. The van der Waals surface area contributed by atoms with Crippen LogP contribution in [0.3, 0.4) is 0 Å². The van der Waals surface area contributed by atoms with Gasteiger partial charge in [0.05, 0.1) is 19.4 Å². The number of hydrogen-bond donors (Lipinski definition) is 1. The number of thiazole rings is 1. The molecule has 0 saturated carbocycles. The van der Waals surface area contributed by atoms with E-state index in [1.807, 2.05) is 60.8 Å². The highest BCUT2D eigenvalue weighted by Gasteiger charge is 2.10. The second-order valence-electron chi connectivity index (χ2n) is 5.56. The molecule has 1 N–H and O–H groups in total. The minimum absolute atomic E-state index is 0.232. The number of carbonyl (C=O) groups excluding carboxylic acids is 1. The van der Waals surface area contributed by atoms with Crippen LogP contribution in [0.25, 0.3) is 17.3 Å². The van der Waals surface area contributed by atoms with Crippen molar-refractivity contribution in [3.63, 3.8) is 0 Å². The number of amides is 1. The SMILES string of the molecule is CCOc1ccccc1-c1csc(NC(=O)/C=C/c2ccc(OC)cc2)n1. The summed E-state index contributed by atoms with van der Waals surface area (Å²) in [7, 11) is 1.62. The highest BCUT2D eigenvalue weighted by Crippen LogP contribution is 2.32. The van der Waals surface area contributed by atoms with Crippen LogP contribution < -0.4 is 14.8 Å². The fourth-order valence-electron chi connectivity index (χ4n) is 2.45. The molecule has 0 bridgehead atoms. The van der Waals surface area contributed by atoms with Gasteiger partial charge in [0.1, 0.15) is 11.5 Å². The van der Waals surface area contributed by atoms with E-state index in [0.29, 0.717) is 11.7 Å². The van der Waals surface area contributed by atoms with Crippen LogP contribution in [0.15, 0.2) is 60.0 Å². The van der Waals surface area contributed by atoms with E-state index in [4.69, 9.17) is 9.47 Å². The van der Waals surface area contributed by atoms with Gasteiger partial charge in [-0.2, -0.15) is 0 Å². The molecule has 5 nitrogen and oxygen atoms in total. The smallest absolute Gasteiger partial charge is 0.250 e. The zero-order chi connectivity index (χ0) is 19.1. The Morgan fingerprint density at radius 1 is 1.19 bits per heavy atom. The van der Waals surface area contributed by atoms with Crippen LogP contribution in [0.2, 0.25) is 0 Å². The molecule has 0 aliphatic rings. The van der Waals surface area contributed by atoms with Crippen LogP contribution in [-0.4, -0.2) is 24.6 Å². The molecular formula is C21H20N2O3S. The number of ether oxygens (including phenoxy) is 2. The Kier molecular flexibility index (Phi) is 6.22. The first-order valence-electron chi connectivity index (χ1n) is 8.50. The molecule has 2 aromatic carbocycles. The standard InChI is InChI=1S/C21H20N2O3S/c1-3-26-19-7-5-4-6-17(19)18-14-27-21(22-18)23-20(24)13-10-15-8-11-16(25-2)12-9-15/h4-14H,3H2,1-2H3,(H,22,23,24)/b13-10+. The molecule has 0 saturated heterocycles. The molecule has 3 rings (SSSR count). The van der Waals surface area contributed by atoms with Crippen molar-refractivity contribution in [1.29, 1.82) is 0 Å². The Balaban J connectivity index is 1.66. The fraction of sp³-hybridized carbons (Fsp3) is 0.143. The molecule has 0 radical (unpaired) electrons. The Labute approximate surface area is 162 Å². The number of benzene rings is 2. The Bertz CT molecular complexity index is 933. The number of nitrogens with zero attached hydrogens (tertiary/aromatic N) is 1. The Hall–Kier alpha value is -3.12. The lowest BCUT2D eigenvalue weighted by Gasteiger charge is -2.07. The van der Waals surface area contributed by atoms with Gasteiger partial charge in [0, 0.05) is 17.0 Å². The number of methoxy groups -OCH3 is 1. The van der Waals surface area contributed by atoms with Crippen molar-refractivity contribution >= 4 is 28.5 Å². The van der Waals surface area contributed by atoms with Crippen molar-refractivity contribution in [2.45, 2.75) is 6.92 Å². The second-order valence-corrected chi connectivity index (χ2v) is 6.42. The summed E-state index contributed by atoms with van der Waals surface area (Å²) < 4.78 is 10.8. The molecule has 0 unspecified atom stereocenters. The lowest BCUT2D eigenvalue weighted by atomic mass is 10.1. The van der Waals surface area contributed by atoms with Crippen LogP contribution in [0.4, 0.5) is 5.13 Å². The molecular weight excluding hydrogens is 360 g/mol. The molecule has 6 heteroatoms. The van der Waals surface area contributed by atoms with E-state index >= 15 is 0 Å². The van der Waals surface area contributed by atoms with Crippen LogP contribution in [0.1, 0.15) is 12.5 Å². The van der Waals surface area contributed by atoms with Crippen LogP contribution >= 0.6 is 11.3 Å². The van der Waals surface area contributed by atoms with Crippen molar-refractivity contribution in [3.05, 3.63) is 65.6 Å². The number of carbonyl (C=O) groups is 1. The van der Waals surface area contributed by atoms with Gasteiger partial charge in [-0.15, -0.1) is 11.3 Å². The van der Waals surface area contributed by atoms with Gasteiger partial charge in [0.25, 0.3) is 0 Å². The average molecular weight is 380 g/mol. The summed E-state index contributed by atoms with van der Waals surface area (Å²) in [4.78, 5) is 16.6. The molecule has 3 aromatic rings. The third-order valence-electron chi connectivity index (χ3n) is 3.74. The summed E-state index contributed by atoms with van der Waals surface area (Å²) in [6.07, 6.45) is 3.23. The maximum atomic E-state index is 12.1. The summed E-state index contributed by atoms with van der Waals surface area (Å²) in [5, 5.41) is 5.24. The minimum atomic E-state index is -0.232. The van der Waals surface area contributed by atoms with Gasteiger partial charge in [-0.25, -0.2) is 4.98 Å². The summed E-state index contributed by atoms with van der Waals surface area (Å²) in [5.41, 5.74) is 2.60. The monoisotopic (exact) mass is 380 g/mol. The molecule has 1 aromatic heterocycles. The van der Waals surface area contributed by atoms with Gasteiger partial charge < -0.3 is 9.47 Å². The van der Waals surface area contributed by atoms with Gasteiger partial charge in [0.15, 0.2) is 5.13 Å². The Morgan fingerprint density at radius 2 is 1.96 bits per heavy atom. The third kappa shape index (κ3) is 4.95. The first-order valence-corrected chi connectivity index (χ1v) is 9.38. The van der Waals surface area contributed by atoms with E-state index in [0.717, 1.165) is 28.3 Å². The molecule has 27 heavy (non-hydrogen) atoms. The fourth-order valence-corrected chi connectivity index (χ4v) is 3.16. The zero-order valence-corrected chi connectivity index (χ0v) is 16.0. The highest BCUT2D eigenvalue weighted by molar-refractivity contribution is 7.14. The first kappa shape index (κ1) is 18.7. The van der Waals surface area contributed by atoms with Gasteiger partial charge >= 0.3 is 0 Å². The third-order valence-corrected chi connectivity index (χ3v) is 4.50. The number of rotatable bonds is 7. The predicted octanol–water partition coefficient (Wildman–Crippen LogP) is 4.87. The van der Waals surface area contributed by atoms with E-state index in [1.54, 1.807) is 13.2 Å². The molecule has 0 aliphatic carbocycles. The maximum Gasteiger partial charge on any atom is 0.250 e. The Morgan fingerprint density at radius 3 is 2.70 bits per heavy atom. The highest BCUT2D eigenvalue weighted by atomic mass is 32.1. The van der Waals surface area contributed by atoms with Crippen molar-refractivity contribution in [1.82, 2.24) is 4.98 Å². The van der Waals surface area contributed by atoms with Gasteiger partial charge in [-0.1, -0.05) is 24.3 Å². The molecule has 1 amide bonds. The lowest BCUT2D eigenvalue weighted by molar-refractivity contribution is -0.111. The maximum absolute atomic E-state index is 12.1. The topological polar surface area (TPSA) is 60.5 Å². The summed E-state index contributed by atoms with van der Waals surface area (Å²) in [5.74, 6) is 1.33. The number of nitrogens with one attached hydrogen (secondary N) is 1. The van der Waals surface area contributed by atoms with E-state index in [1.165, 1.54) is 17.4 Å². The first-order chi connectivity index (χ1) is 13.2. The quantitative estimate of drug-likeness (QED) is 0.594. The lowest BCUT2D eigenvalue weighted by Crippen LogP contribution is -2.07. The molecule has 0 spiro atoms. The molecule has 0 atom stereocenters. The number of anilines is 1. The van der Waals surface area contributed by atoms with Crippen molar-refractivity contribution in [2.75, 3.05) is 19.0 Å². The molecule has 1 heterocycles. The molecule has 138 valence electrons. The number of aromatic nitrogens is 1. The minimum Gasteiger partial charge on any atom is -0.497 e. The molecule has 0 fully saturated rings. The average Bonchev–Trinajstić information content (AvgIpc) is 3.15.